The van der Waals surface area contributed by atoms with E-state index in [2.05, 4.69) is 4.74 Å². The van der Waals surface area contributed by atoms with Crippen LogP contribution in [0, 0.1) is 6.92 Å². The van der Waals surface area contributed by atoms with Crippen molar-refractivity contribution < 1.29 is 50.0 Å². The van der Waals surface area contributed by atoms with Crippen LogP contribution in [0.25, 0.3) is 0 Å². The van der Waals surface area contributed by atoms with Gasteiger partial charge in [-0.1, -0.05) is 0 Å². The van der Waals surface area contributed by atoms with Gasteiger partial charge in [0.2, 0.25) is 0 Å². The summed E-state index contributed by atoms with van der Waals surface area (Å²) >= 11 is 0.951. The molecule has 0 aliphatic carbocycles. The van der Waals surface area contributed by atoms with Crippen molar-refractivity contribution in [2.24, 2.45) is 0 Å². The van der Waals surface area contributed by atoms with Crippen LogP contribution in [-0.4, -0.2) is 37.5 Å². The van der Waals surface area contributed by atoms with Crippen LogP contribution in [0.2, 0.25) is 0 Å². The van der Waals surface area contributed by atoms with Gasteiger partial charge in [0.1, 0.15) is 0 Å². The molecule has 2 aromatic rings. The number of hydrogen-bond donors (Lipinski definition) is 0. The SMILES string of the molecule is COC(=O)CN(C)C(=O)Cc1c[c]([Y])ccc1Oc1ccc(C)cc1. The number of esters is 1. The second kappa shape index (κ2) is 9.11. The van der Waals surface area contributed by atoms with E-state index < -0.39 is 5.97 Å². The molecule has 1 amide bonds. The molecular weight excluding hydrogens is 395 g/mol. The molecule has 0 saturated carbocycles. The van der Waals surface area contributed by atoms with Gasteiger partial charge in [-0.2, -0.15) is 0 Å². The zero-order valence-electron chi connectivity index (χ0n) is 14.6. The summed E-state index contributed by atoms with van der Waals surface area (Å²) in [4.78, 5) is 25.1. The molecule has 128 valence electrons. The summed E-state index contributed by atoms with van der Waals surface area (Å²) in [6.45, 7) is 1.95. The molecular formula is C19H20NO4Y. The van der Waals surface area contributed by atoms with Gasteiger partial charge in [-0.15, -0.1) is 0 Å². The summed E-state index contributed by atoms with van der Waals surface area (Å²) in [5.74, 6) is 0.776. The van der Waals surface area contributed by atoms with Crippen LogP contribution in [0.1, 0.15) is 11.1 Å². The van der Waals surface area contributed by atoms with Crippen molar-refractivity contribution in [3.63, 3.8) is 0 Å². The van der Waals surface area contributed by atoms with Crippen LogP contribution in [0.15, 0.2) is 42.5 Å². The third-order valence-electron chi connectivity index (χ3n) is 3.69. The molecule has 0 bridgehead atoms. The Balaban J connectivity index is 2.16. The van der Waals surface area contributed by atoms with Crippen LogP contribution in [0.4, 0.5) is 0 Å². The Morgan fingerprint density at radius 3 is 2.44 bits per heavy atom. The zero-order valence-corrected chi connectivity index (χ0v) is 17.5. The Hall–Kier alpha value is -1.72. The average molecular weight is 415 g/mol. The number of carbonyl (C=O) groups excluding carboxylic acids is 2. The van der Waals surface area contributed by atoms with E-state index in [1.807, 2.05) is 49.4 Å². The number of hydrogen-bond acceptors (Lipinski definition) is 4. The first-order chi connectivity index (χ1) is 11.9. The van der Waals surface area contributed by atoms with E-state index in [4.69, 9.17) is 4.74 Å². The maximum absolute atomic E-state index is 12.4. The zero-order chi connectivity index (χ0) is 18.4. The monoisotopic (exact) mass is 415 g/mol. The summed E-state index contributed by atoms with van der Waals surface area (Å²) in [5.41, 5.74) is 1.97. The minimum atomic E-state index is -0.442. The predicted octanol–water partition coefficient (Wildman–Crippen LogP) is 2.13. The van der Waals surface area contributed by atoms with E-state index in [0.717, 1.165) is 47.8 Å². The fourth-order valence-electron chi connectivity index (χ4n) is 2.21. The Bertz CT molecular complexity index is 759. The van der Waals surface area contributed by atoms with Gasteiger partial charge in [0.25, 0.3) is 0 Å². The number of ether oxygens (including phenoxy) is 2. The first-order valence-corrected chi connectivity index (χ1v) is 9.24. The molecule has 0 N–H and O–H groups in total. The summed E-state index contributed by atoms with van der Waals surface area (Å²) < 4.78 is 11.7. The molecule has 0 spiro atoms. The first kappa shape index (κ1) is 19.6. The summed E-state index contributed by atoms with van der Waals surface area (Å²) in [6, 6.07) is 13.6. The van der Waals surface area contributed by atoms with Crippen LogP contribution in [0.3, 0.4) is 0 Å². The number of carbonyl (C=O) groups is 2. The summed E-state index contributed by atoms with van der Waals surface area (Å²) in [6.07, 6.45) is 0.170. The topological polar surface area (TPSA) is 55.8 Å². The molecule has 25 heavy (non-hydrogen) atoms. The van der Waals surface area contributed by atoms with Crippen molar-refractivity contribution in [2.75, 3.05) is 20.7 Å². The Morgan fingerprint density at radius 1 is 1.12 bits per heavy atom. The molecule has 0 heterocycles. The fraction of sp³-hybridized carbons (Fsp3) is 0.263. The van der Waals surface area contributed by atoms with Crippen LogP contribution >= 0.6 is 0 Å². The molecule has 0 aliphatic rings. The number of benzene rings is 2. The quantitative estimate of drug-likeness (QED) is 0.679. The molecule has 0 aliphatic heterocycles. The standard InChI is InChI=1S/C19H20NO4.Y/c1-14-8-10-16(11-9-14)24-17-7-5-4-6-15(17)12-18(21)20(2)13-19(22)23-3;/h5-11H,12-13H2,1-3H3;. The van der Waals surface area contributed by atoms with Gasteiger partial charge in [0.15, 0.2) is 0 Å². The second-order valence-electron chi connectivity index (χ2n) is 5.78. The number of aryl methyl sites for hydroxylation is 1. The Labute approximate surface area is 167 Å². The van der Waals surface area contributed by atoms with Crippen molar-refractivity contribution >= 4 is 14.3 Å². The van der Waals surface area contributed by atoms with Crippen LogP contribution in [-0.2, 0) is 51.7 Å². The third kappa shape index (κ3) is 5.94. The molecule has 5 nitrogen and oxygen atoms in total. The molecule has 0 atom stereocenters. The fourth-order valence-corrected chi connectivity index (χ4v) is 2.95. The van der Waals surface area contributed by atoms with E-state index in [-0.39, 0.29) is 18.9 Å². The van der Waals surface area contributed by atoms with Crippen molar-refractivity contribution in [2.45, 2.75) is 13.3 Å². The van der Waals surface area contributed by atoms with Gasteiger partial charge < -0.3 is 0 Å². The van der Waals surface area contributed by atoms with Crippen LogP contribution in [0.5, 0.6) is 11.5 Å². The molecule has 2 rings (SSSR count). The molecule has 0 aromatic heterocycles. The van der Waals surface area contributed by atoms with E-state index >= 15 is 0 Å². The van der Waals surface area contributed by atoms with Gasteiger partial charge in [-0.25, -0.2) is 0 Å². The van der Waals surface area contributed by atoms with Crippen LogP contribution < -0.4 is 7.11 Å². The number of nitrogens with zero attached hydrogens (tertiary/aromatic N) is 1. The first-order valence-electron chi connectivity index (χ1n) is 7.82. The normalized spacial score (nSPS) is 10.2. The van der Waals surface area contributed by atoms with Crippen molar-refractivity contribution in [1.82, 2.24) is 4.90 Å². The third-order valence-corrected chi connectivity index (χ3v) is 4.58. The van der Waals surface area contributed by atoms with E-state index in [9.17, 15) is 9.59 Å². The average Bonchev–Trinajstić information content (AvgIpc) is 2.58. The van der Waals surface area contributed by atoms with Gasteiger partial charge in [0, 0.05) is 0 Å². The van der Waals surface area contributed by atoms with Gasteiger partial charge in [-0.05, 0) is 0 Å². The van der Waals surface area contributed by atoms with E-state index in [1.165, 1.54) is 14.4 Å². The predicted molar refractivity (Wildman–Crippen MR) is 90.7 cm³/mol. The summed E-state index contributed by atoms with van der Waals surface area (Å²) in [5, 5.41) is 0. The van der Waals surface area contributed by atoms with Gasteiger partial charge >= 0.3 is 168 Å². The van der Waals surface area contributed by atoms with Gasteiger partial charge in [0.05, 0.1) is 0 Å². The second-order valence-corrected chi connectivity index (χ2v) is 7.42. The molecule has 2 aromatic carbocycles. The maximum atomic E-state index is 12.4. The summed E-state index contributed by atoms with van der Waals surface area (Å²) in [7, 11) is 2.89. The molecule has 0 fully saturated rings. The Kier molecular flexibility index (Phi) is 7.15. The van der Waals surface area contributed by atoms with Crippen molar-refractivity contribution in [3.8, 4) is 11.5 Å². The van der Waals surface area contributed by atoms with Gasteiger partial charge in [-0.3, -0.25) is 0 Å². The minimum absolute atomic E-state index is 0.0660. The number of likely N-dealkylation sites (N-methyl/N-ethyl adjacent to an activating group) is 1. The van der Waals surface area contributed by atoms with E-state index in [0.29, 0.717) is 5.75 Å². The Morgan fingerprint density at radius 2 is 1.80 bits per heavy atom. The number of rotatable bonds is 6. The number of amides is 1. The number of methoxy groups -OCH3 is 1. The molecule has 0 saturated heterocycles. The van der Waals surface area contributed by atoms with Crippen molar-refractivity contribution in [3.05, 3.63) is 53.6 Å². The molecule has 0 radical (unpaired) electrons. The molecule has 0 unspecified atom stereocenters. The van der Waals surface area contributed by atoms with E-state index in [1.54, 1.807) is 7.05 Å². The van der Waals surface area contributed by atoms with Crippen molar-refractivity contribution in [1.29, 1.82) is 0 Å². The molecule has 6 heteroatoms.